The number of carbonyl (C=O) groups is 1. The van der Waals surface area contributed by atoms with Gasteiger partial charge in [0, 0.05) is 17.5 Å². The van der Waals surface area contributed by atoms with Gasteiger partial charge in [0.25, 0.3) is 0 Å². The summed E-state index contributed by atoms with van der Waals surface area (Å²) in [5.41, 5.74) is 2.68. The molecule has 0 aliphatic carbocycles. The number of hydrogen-bond acceptors (Lipinski definition) is 4. The zero-order valence-corrected chi connectivity index (χ0v) is 16.0. The van der Waals surface area contributed by atoms with E-state index in [1.807, 2.05) is 36.4 Å². The SMILES string of the molecule is CS(=O)(=O)N1CCc2cc(C(=O)c3cc4c(ccc5ccccc54)o3)ccc21. The van der Waals surface area contributed by atoms with E-state index in [0.717, 1.165) is 21.7 Å². The van der Waals surface area contributed by atoms with Crippen LogP contribution in [0.3, 0.4) is 0 Å². The lowest BCUT2D eigenvalue weighted by atomic mass is 10.0. The first-order chi connectivity index (χ1) is 13.4. The molecular weight excluding hydrogens is 374 g/mol. The largest absolute Gasteiger partial charge is 0.453 e. The van der Waals surface area contributed by atoms with E-state index in [2.05, 4.69) is 0 Å². The predicted molar refractivity (Wildman–Crippen MR) is 109 cm³/mol. The molecule has 0 spiro atoms. The Bertz CT molecular complexity index is 1370. The number of sulfonamides is 1. The molecule has 140 valence electrons. The van der Waals surface area contributed by atoms with Gasteiger partial charge in [-0.1, -0.05) is 30.3 Å². The summed E-state index contributed by atoms with van der Waals surface area (Å²) in [6.07, 6.45) is 1.79. The maximum atomic E-state index is 13.0. The van der Waals surface area contributed by atoms with Gasteiger partial charge in [0.15, 0.2) is 5.76 Å². The number of benzene rings is 3. The molecule has 0 N–H and O–H groups in total. The van der Waals surface area contributed by atoms with Crippen molar-refractivity contribution in [1.29, 1.82) is 0 Å². The van der Waals surface area contributed by atoms with Crippen molar-refractivity contribution in [2.24, 2.45) is 0 Å². The first-order valence-corrected chi connectivity index (χ1v) is 10.8. The van der Waals surface area contributed by atoms with E-state index in [4.69, 9.17) is 4.42 Å². The lowest BCUT2D eigenvalue weighted by Crippen LogP contribution is -2.27. The van der Waals surface area contributed by atoms with Crippen LogP contribution in [0.2, 0.25) is 0 Å². The minimum absolute atomic E-state index is 0.208. The molecule has 2 heterocycles. The van der Waals surface area contributed by atoms with E-state index in [0.29, 0.717) is 29.8 Å². The highest BCUT2D eigenvalue weighted by Gasteiger charge is 2.27. The van der Waals surface area contributed by atoms with Crippen molar-refractivity contribution < 1.29 is 17.6 Å². The first kappa shape index (κ1) is 17.0. The summed E-state index contributed by atoms with van der Waals surface area (Å²) in [5.74, 6) is 0.0742. The van der Waals surface area contributed by atoms with E-state index in [9.17, 15) is 13.2 Å². The third-order valence-corrected chi connectivity index (χ3v) is 6.42. The number of ketones is 1. The summed E-state index contributed by atoms with van der Waals surface area (Å²) in [7, 11) is -3.31. The number of nitrogens with zero attached hydrogens (tertiary/aromatic N) is 1. The molecule has 4 aromatic rings. The average Bonchev–Trinajstić information content (AvgIpc) is 3.30. The van der Waals surface area contributed by atoms with Crippen LogP contribution in [0.1, 0.15) is 21.7 Å². The highest BCUT2D eigenvalue weighted by atomic mass is 32.2. The second-order valence-electron chi connectivity index (χ2n) is 7.07. The van der Waals surface area contributed by atoms with E-state index < -0.39 is 10.0 Å². The number of furan rings is 1. The van der Waals surface area contributed by atoms with E-state index in [-0.39, 0.29) is 11.5 Å². The van der Waals surface area contributed by atoms with Crippen molar-refractivity contribution in [3.8, 4) is 0 Å². The molecular formula is C22H17NO4S. The van der Waals surface area contributed by atoms with Crippen molar-refractivity contribution in [1.82, 2.24) is 0 Å². The molecule has 0 bridgehead atoms. The maximum Gasteiger partial charge on any atom is 0.232 e. The van der Waals surface area contributed by atoms with Crippen LogP contribution in [0.4, 0.5) is 5.69 Å². The highest BCUT2D eigenvalue weighted by molar-refractivity contribution is 7.92. The second-order valence-corrected chi connectivity index (χ2v) is 8.97. The van der Waals surface area contributed by atoms with Crippen molar-refractivity contribution in [3.05, 3.63) is 77.6 Å². The first-order valence-electron chi connectivity index (χ1n) is 8.98. The Labute approximate surface area is 162 Å². The van der Waals surface area contributed by atoms with Crippen LogP contribution in [0.25, 0.3) is 21.7 Å². The van der Waals surface area contributed by atoms with E-state index in [1.54, 1.807) is 24.3 Å². The van der Waals surface area contributed by atoms with Gasteiger partial charge in [0.2, 0.25) is 15.8 Å². The van der Waals surface area contributed by atoms with Crippen LogP contribution in [0.15, 0.2) is 65.1 Å². The molecule has 1 aromatic heterocycles. The minimum atomic E-state index is -3.31. The van der Waals surface area contributed by atoms with Gasteiger partial charge in [-0.2, -0.15) is 0 Å². The molecule has 5 nitrogen and oxygen atoms in total. The highest BCUT2D eigenvalue weighted by Crippen LogP contribution is 2.33. The summed E-state index contributed by atoms with van der Waals surface area (Å²) in [4.78, 5) is 13.0. The Morgan fingerprint density at radius 3 is 2.64 bits per heavy atom. The van der Waals surface area contributed by atoms with E-state index >= 15 is 0 Å². The molecule has 5 rings (SSSR count). The average molecular weight is 391 g/mol. The Morgan fingerprint density at radius 2 is 1.82 bits per heavy atom. The summed E-state index contributed by atoms with van der Waals surface area (Å²) < 4.78 is 31.0. The molecule has 3 aromatic carbocycles. The molecule has 0 atom stereocenters. The van der Waals surface area contributed by atoms with Crippen LogP contribution in [-0.2, 0) is 16.4 Å². The van der Waals surface area contributed by atoms with Gasteiger partial charge in [0.1, 0.15) is 5.58 Å². The van der Waals surface area contributed by atoms with Crippen LogP contribution in [0, 0.1) is 0 Å². The lowest BCUT2D eigenvalue weighted by molar-refractivity contribution is 0.101. The quantitative estimate of drug-likeness (QED) is 0.492. The topological polar surface area (TPSA) is 67.6 Å². The van der Waals surface area contributed by atoms with Crippen molar-refractivity contribution in [3.63, 3.8) is 0 Å². The fraction of sp³-hybridized carbons (Fsp3) is 0.136. The summed E-state index contributed by atoms with van der Waals surface area (Å²) in [6.45, 7) is 0.405. The molecule has 0 radical (unpaired) electrons. The number of carbonyl (C=O) groups excluding carboxylic acids is 1. The van der Waals surface area contributed by atoms with Crippen LogP contribution in [-0.4, -0.2) is 27.0 Å². The Hall–Kier alpha value is -3.12. The standard InChI is InChI=1S/C22H17NO4S/c1-28(25,26)23-11-10-15-12-16(6-8-19(15)23)22(24)21-13-18-17-5-3-2-4-14(17)7-9-20(18)27-21/h2-9,12-13H,10-11H2,1H3. The van der Waals surface area contributed by atoms with Crippen molar-refractivity contribution >= 4 is 43.2 Å². The molecule has 0 saturated heterocycles. The molecule has 0 saturated carbocycles. The third-order valence-electron chi connectivity index (χ3n) is 5.24. The molecule has 0 fully saturated rings. The zero-order chi connectivity index (χ0) is 19.5. The summed E-state index contributed by atoms with van der Waals surface area (Å²) in [6, 6.07) is 18.8. The summed E-state index contributed by atoms with van der Waals surface area (Å²) in [5, 5.41) is 3.04. The van der Waals surface area contributed by atoms with Crippen molar-refractivity contribution in [2.75, 3.05) is 17.1 Å². The van der Waals surface area contributed by atoms with Gasteiger partial charge in [-0.3, -0.25) is 9.10 Å². The predicted octanol–water partition coefficient (Wildman–Crippen LogP) is 4.14. The molecule has 0 amide bonds. The van der Waals surface area contributed by atoms with Gasteiger partial charge < -0.3 is 4.42 Å². The number of fused-ring (bicyclic) bond motifs is 4. The Morgan fingerprint density at radius 1 is 1.00 bits per heavy atom. The lowest BCUT2D eigenvalue weighted by Gasteiger charge is -2.16. The zero-order valence-electron chi connectivity index (χ0n) is 15.2. The molecule has 1 aliphatic rings. The van der Waals surface area contributed by atoms with E-state index in [1.165, 1.54) is 10.6 Å². The fourth-order valence-electron chi connectivity index (χ4n) is 3.90. The smallest absolute Gasteiger partial charge is 0.232 e. The summed E-state index contributed by atoms with van der Waals surface area (Å²) >= 11 is 0. The molecule has 1 aliphatic heterocycles. The number of anilines is 1. The Kier molecular flexibility index (Phi) is 3.61. The maximum absolute atomic E-state index is 13.0. The fourth-order valence-corrected chi connectivity index (χ4v) is 4.86. The van der Waals surface area contributed by atoms with Gasteiger partial charge in [-0.15, -0.1) is 0 Å². The van der Waals surface area contributed by atoms with Gasteiger partial charge >= 0.3 is 0 Å². The van der Waals surface area contributed by atoms with Crippen LogP contribution < -0.4 is 4.31 Å². The number of hydrogen-bond donors (Lipinski definition) is 0. The third kappa shape index (κ3) is 2.60. The second kappa shape index (κ2) is 5.94. The normalized spacial score (nSPS) is 14.0. The Balaban J connectivity index is 1.56. The number of rotatable bonds is 3. The minimum Gasteiger partial charge on any atom is -0.453 e. The van der Waals surface area contributed by atoms with Gasteiger partial charge in [-0.05, 0) is 53.1 Å². The van der Waals surface area contributed by atoms with Gasteiger partial charge in [0.05, 0.1) is 11.9 Å². The molecule has 6 heteroatoms. The van der Waals surface area contributed by atoms with Crippen molar-refractivity contribution in [2.45, 2.75) is 6.42 Å². The van der Waals surface area contributed by atoms with Crippen LogP contribution in [0.5, 0.6) is 0 Å². The molecule has 0 unspecified atom stereocenters. The van der Waals surface area contributed by atoms with Crippen LogP contribution >= 0.6 is 0 Å². The monoisotopic (exact) mass is 391 g/mol. The van der Waals surface area contributed by atoms with Gasteiger partial charge in [-0.25, -0.2) is 8.42 Å². The molecule has 28 heavy (non-hydrogen) atoms.